The molecule has 1 aromatic carbocycles. The van der Waals surface area contributed by atoms with Gasteiger partial charge in [0.15, 0.2) is 0 Å². The Balaban J connectivity index is 3.09. The van der Waals surface area contributed by atoms with E-state index in [1.54, 1.807) is 36.4 Å². The summed E-state index contributed by atoms with van der Waals surface area (Å²) in [6, 6.07) is 6.70. The van der Waals surface area contributed by atoms with Crippen LogP contribution in [0.2, 0.25) is 0 Å². The van der Waals surface area contributed by atoms with Crippen LogP contribution >= 0.6 is 0 Å². The third-order valence-electron chi connectivity index (χ3n) is 2.57. The minimum Gasteiger partial charge on any atom is -0.465 e. The summed E-state index contributed by atoms with van der Waals surface area (Å²) in [7, 11) is 1.35. The number of rotatable bonds is 5. The Morgan fingerprint density at radius 3 is 2.72 bits per heavy atom. The molecule has 3 nitrogen and oxygen atoms in total. The summed E-state index contributed by atoms with van der Waals surface area (Å²) in [6.45, 7) is 7.34. The molecule has 2 N–H and O–H groups in total. The van der Waals surface area contributed by atoms with Crippen LogP contribution < -0.4 is 5.73 Å². The van der Waals surface area contributed by atoms with Gasteiger partial charge in [0, 0.05) is 0 Å². The van der Waals surface area contributed by atoms with E-state index < -0.39 is 0 Å². The highest BCUT2D eigenvalue weighted by Gasteiger charge is 2.12. The van der Waals surface area contributed by atoms with Gasteiger partial charge in [-0.1, -0.05) is 43.5 Å². The van der Waals surface area contributed by atoms with Crippen molar-refractivity contribution < 1.29 is 9.53 Å². The molecular formula is C15H17NO2. The van der Waals surface area contributed by atoms with Crippen LogP contribution in [0.5, 0.6) is 0 Å². The standard InChI is InChI=1S/C15H17NO2/c1-4-7-11(5-2)14(16)12-8-6-9-13(10-12)15(17)18-3/h4-10,14H,1-2,16H2,3H3/b11-7+. The molecule has 0 radical (unpaired) electrons. The summed E-state index contributed by atoms with van der Waals surface area (Å²) in [5.74, 6) is -0.378. The summed E-state index contributed by atoms with van der Waals surface area (Å²) in [6.07, 6.45) is 5.13. The molecule has 0 spiro atoms. The van der Waals surface area contributed by atoms with Crippen molar-refractivity contribution in [3.63, 3.8) is 0 Å². The van der Waals surface area contributed by atoms with Gasteiger partial charge in [0.25, 0.3) is 0 Å². The quantitative estimate of drug-likeness (QED) is 0.639. The number of esters is 1. The van der Waals surface area contributed by atoms with E-state index in [0.29, 0.717) is 5.56 Å². The average molecular weight is 243 g/mol. The third-order valence-corrected chi connectivity index (χ3v) is 2.57. The van der Waals surface area contributed by atoms with Crippen LogP contribution in [0.4, 0.5) is 0 Å². The van der Waals surface area contributed by atoms with Crippen molar-refractivity contribution in [2.75, 3.05) is 7.11 Å². The first-order valence-electron chi connectivity index (χ1n) is 5.53. The maximum atomic E-state index is 11.4. The number of allylic oxidation sites excluding steroid dienone is 2. The molecule has 0 heterocycles. The number of hydrogen-bond acceptors (Lipinski definition) is 3. The first-order valence-corrected chi connectivity index (χ1v) is 5.53. The van der Waals surface area contributed by atoms with Crippen LogP contribution in [0.3, 0.4) is 0 Å². The molecule has 0 aliphatic carbocycles. The number of carbonyl (C=O) groups excluding carboxylic acids is 1. The van der Waals surface area contributed by atoms with E-state index in [1.807, 2.05) is 6.07 Å². The first kappa shape index (κ1) is 13.9. The lowest BCUT2D eigenvalue weighted by atomic mass is 9.97. The van der Waals surface area contributed by atoms with Crippen molar-refractivity contribution in [2.45, 2.75) is 6.04 Å². The van der Waals surface area contributed by atoms with E-state index in [9.17, 15) is 4.79 Å². The van der Waals surface area contributed by atoms with Gasteiger partial charge in [0.1, 0.15) is 0 Å². The molecule has 3 heteroatoms. The van der Waals surface area contributed by atoms with Gasteiger partial charge in [-0.2, -0.15) is 0 Å². The Morgan fingerprint density at radius 2 is 2.17 bits per heavy atom. The van der Waals surface area contributed by atoms with Crippen molar-refractivity contribution in [1.29, 1.82) is 0 Å². The lowest BCUT2D eigenvalue weighted by Gasteiger charge is -2.14. The smallest absolute Gasteiger partial charge is 0.337 e. The number of methoxy groups -OCH3 is 1. The van der Waals surface area contributed by atoms with Crippen molar-refractivity contribution >= 4 is 5.97 Å². The molecule has 18 heavy (non-hydrogen) atoms. The van der Waals surface area contributed by atoms with Gasteiger partial charge in [-0.3, -0.25) is 0 Å². The van der Waals surface area contributed by atoms with Crippen molar-refractivity contribution in [1.82, 2.24) is 0 Å². The predicted molar refractivity (Wildman–Crippen MR) is 73.2 cm³/mol. The molecule has 0 saturated heterocycles. The second-order valence-electron chi connectivity index (χ2n) is 3.70. The number of nitrogens with two attached hydrogens (primary N) is 1. The lowest BCUT2D eigenvalue weighted by Crippen LogP contribution is -2.13. The monoisotopic (exact) mass is 243 g/mol. The zero-order chi connectivity index (χ0) is 13.5. The van der Waals surface area contributed by atoms with Crippen molar-refractivity contribution in [2.24, 2.45) is 5.73 Å². The van der Waals surface area contributed by atoms with Gasteiger partial charge in [0.2, 0.25) is 0 Å². The largest absolute Gasteiger partial charge is 0.465 e. The molecule has 94 valence electrons. The van der Waals surface area contributed by atoms with Crippen LogP contribution in [-0.2, 0) is 4.74 Å². The highest BCUT2D eigenvalue weighted by molar-refractivity contribution is 5.89. The first-order chi connectivity index (χ1) is 8.63. The Kier molecular flexibility index (Phi) is 5.08. The molecule has 1 unspecified atom stereocenters. The molecule has 1 aromatic rings. The SMILES string of the molecule is C=C/C=C(\C=C)C(N)c1cccc(C(=O)OC)c1. The van der Waals surface area contributed by atoms with E-state index in [1.165, 1.54) is 7.11 Å². The van der Waals surface area contributed by atoms with E-state index in [0.717, 1.165) is 11.1 Å². The Bertz CT molecular complexity index is 489. The Hall–Kier alpha value is -2.13. The van der Waals surface area contributed by atoms with Gasteiger partial charge in [0.05, 0.1) is 18.7 Å². The van der Waals surface area contributed by atoms with Gasteiger partial charge in [-0.25, -0.2) is 4.79 Å². The number of carbonyl (C=O) groups is 1. The summed E-state index contributed by atoms with van der Waals surface area (Å²) in [4.78, 5) is 11.4. The minimum atomic E-state index is -0.378. The molecule has 0 saturated carbocycles. The van der Waals surface area contributed by atoms with Crippen LogP contribution in [0, 0.1) is 0 Å². The number of ether oxygens (including phenoxy) is 1. The molecule has 0 bridgehead atoms. The van der Waals surface area contributed by atoms with Crippen LogP contribution in [0.25, 0.3) is 0 Å². The molecule has 0 fully saturated rings. The summed E-state index contributed by atoms with van der Waals surface area (Å²) >= 11 is 0. The van der Waals surface area contributed by atoms with Gasteiger partial charge < -0.3 is 10.5 Å². The normalized spacial score (nSPS) is 12.7. The van der Waals surface area contributed by atoms with E-state index >= 15 is 0 Å². The minimum absolute atomic E-state index is 0.342. The maximum Gasteiger partial charge on any atom is 0.337 e. The fraction of sp³-hybridized carbons (Fsp3) is 0.133. The zero-order valence-electron chi connectivity index (χ0n) is 10.4. The highest BCUT2D eigenvalue weighted by Crippen LogP contribution is 2.21. The molecular weight excluding hydrogens is 226 g/mol. The Labute approximate surface area is 107 Å². The zero-order valence-corrected chi connectivity index (χ0v) is 10.4. The van der Waals surface area contributed by atoms with Crippen molar-refractivity contribution in [3.05, 3.63) is 72.4 Å². The van der Waals surface area contributed by atoms with Gasteiger partial charge >= 0.3 is 5.97 Å². The molecule has 0 aliphatic rings. The third kappa shape index (κ3) is 3.18. The predicted octanol–water partition coefficient (Wildman–Crippen LogP) is 2.77. The molecule has 0 amide bonds. The van der Waals surface area contributed by atoms with Crippen LogP contribution in [0.15, 0.2) is 61.2 Å². The summed E-state index contributed by atoms with van der Waals surface area (Å²) in [5.41, 5.74) is 8.25. The van der Waals surface area contributed by atoms with E-state index in [4.69, 9.17) is 5.73 Å². The highest BCUT2D eigenvalue weighted by atomic mass is 16.5. The van der Waals surface area contributed by atoms with Crippen molar-refractivity contribution in [3.8, 4) is 0 Å². The maximum absolute atomic E-state index is 11.4. The second-order valence-corrected chi connectivity index (χ2v) is 3.70. The molecule has 0 aliphatic heterocycles. The lowest BCUT2D eigenvalue weighted by molar-refractivity contribution is 0.0600. The Morgan fingerprint density at radius 1 is 1.44 bits per heavy atom. The molecule has 1 atom stereocenters. The van der Waals surface area contributed by atoms with E-state index in [2.05, 4.69) is 17.9 Å². The number of benzene rings is 1. The van der Waals surface area contributed by atoms with Gasteiger partial charge in [-0.15, -0.1) is 0 Å². The molecule has 0 aromatic heterocycles. The van der Waals surface area contributed by atoms with Gasteiger partial charge in [-0.05, 0) is 23.3 Å². The van der Waals surface area contributed by atoms with E-state index in [-0.39, 0.29) is 12.0 Å². The summed E-state index contributed by atoms with van der Waals surface area (Å²) < 4.78 is 4.67. The topological polar surface area (TPSA) is 52.3 Å². The number of hydrogen-bond donors (Lipinski definition) is 1. The second kappa shape index (κ2) is 6.57. The van der Waals surface area contributed by atoms with Crippen LogP contribution in [0.1, 0.15) is 22.0 Å². The summed E-state index contributed by atoms with van der Waals surface area (Å²) in [5, 5.41) is 0. The van der Waals surface area contributed by atoms with Crippen LogP contribution in [-0.4, -0.2) is 13.1 Å². The fourth-order valence-corrected chi connectivity index (χ4v) is 1.60. The fourth-order valence-electron chi connectivity index (χ4n) is 1.60. The average Bonchev–Trinajstić information content (AvgIpc) is 2.43. The molecule has 1 rings (SSSR count).